The first-order valence-electron chi connectivity index (χ1n) is 6.40. The van der Waals surface area contributed by atoms with Crippen molar-refractivity contribution in [1.29, 1.82) is 10.5 Å². The third-order valence-electron chi connectivity index (χ3n) is 3.46. The first-order chi connectivity index (χ1) is 9.45. The monoisotopic (exact) mass is 299 g/mol. The van der Waals surface area contributed by atoms with Crippen LogP contribution in [0.4, 0.5) is 0 Å². The van der Waals surface area contributed by atoms with Crippen LogP contribution in [-0.4, -0.2) is 42.1 Å². The molecular weight excluding hydrogens is 282 g/mol. The van der Waals surface area contributed by atoms with E-state index >= 15 is 0 Å². The second-order valence-corrected chi connectivity index (χ2v) is 6.83. The lowest BCUT2D eigenvalue weighted by molar-refractivity contribution is -0.141. The molecule has 0 amide bonds. The summed E-state index contributed by atoms with van der Waals surface area (Å²) in [7, 11) is -3.79. The summed E-state index contributed by atoms with van der Waals surface area (Å²) in [6.45, 7) is 0.00665. The number of rotatable bonds is 7. The molecule has 0 bridgehead atoms. The molecule has 1 rings (SSSR count). The molecule has 2 unspecified atom stereocenters. The van der Waals surface area contributed by atoms with E-state index in [1.54, 1.807) is 0 Å². The Balaban J connectivity index is 2.94. The highest BCUT2D eigenvalue weighted by atomic mass is 32.2. The van der Waals surface area contributed by atoms with Crippen LogP contribution in [0.5, 0.6) is 0 Å². The van der Waals surface area contributed by atoms with E-state index in [0.29, 0.717) is 19.3 Å². The SMILES string of the molecule is N#CCCN(CCC#N)S(=O)(=O)C1CCCC1C(=O)O. The zero-order valence-corrected chi connectivity index (χ0v) is 11.8. The number of nitriles is 2. The molecule has 0 radical (unpaired) electrons. The van der Waals surface area contributed by atoms with Crippen LogP contribution < -0.4 is 0 Å². The summed E-state index contributed by atoms with van der Waals surface area (Å²) in [6, 6.07) is 3.73. The minimum atomic E-state index is -3.79. The third-order valence-corrected chi connectivity index (χ3v) is 5.87. The van der Waals surface area contributed by atoms with Crippen LogP contribution >= 0.6 is 0 Å². The van der Waals surface area contributed by atoms with Crippen molar-refractivity contribution < 1.29 is 18.3 Å². The minimum absolute atomic E-state index is 0.00333. The van der Waals surface area contributed by atoms with Gasteiger partial charge in [0.15, 0.2) is 0 Å². The fourth-order valence-electron chi connectivity index (χ4n) is 2.47. The molecule has 20 heavy (non-hydrogen) atoms. The summed E-state index contributed by atoms with van der Waals surface area (Å²) in [5.41, 5.74) is 0. The summed E-state index contributed by atoms with van der Waals surface area (Å²) >= 11 is 0. The Morgan fingerprint density at radius 1 is 1.20 bits per heavy atom. The highest BCUT2D eigenvalue weighted by molar-refractivity contribution is 7.89. The van der Waals surface area contributed by atoms with Crippen LogP contribution in [-0.2, 0) is 14.8 Å². The molecule has 1 fully saturated rings. The molecule has 0 aromatic rings. The average Bonchev–Trinajstić information content (AvgIpc) is 2.88. The van der Waals surface area contributed by atoms with Gasteiger partial charge in [-0.3, -0.25) is 4.79 Å². The van der Waals surface area contributed by atoms with Crippen LogP contribution in [0.25, 0.3) is 0 Å². The Morgan fingerprint density at radius 2 is 1.75 bits per heavy atom. The van der Waals surface area contributed by atoms with E-state index in [0.717, 1.165) is 4.31 Å². The average molecular weight is 299 g/mol. The maximum Gasteiger partial charge on any atom is 0.307 e. The quantitative estimate of drug-likeness (QED) is 0.738. The van der Waals surface area contributed by atoms with E-state index in [4.69, 9.17) is 15.6 Å². The summed E-state index contributed by atoms with van der Waals surface area (Å²) in [5.74, 6) is -2.00. The van der Waals surface area contributed by atoms with E-state index in [1.807, 2.05) is 12.1 Å². The van der Waals surface area contributed by atoms with Crippen molar-refractivity contribution >= 4 is 16.0 Å². The van der Waals surface area contributed by atoms with Crippen LogP contribution in [0.1, 0.15) is 32.1 Å². The summed E-state index contributed by atoms with van der Waals surface area (Å²) in [4.78, 5) is 11.1. The number of hydrogen-bond acceptors (Lipinski definition) is 5. The molecule has 0 saturated heterocycles. The summed E-state index contributed by atoms with van der Waals surface area (Å²) in [5, 5.41) is 25.3. The largest absolute Gasteiger partial charge is 0.481 e. The van der Waals surface area contributed by atoms with Gasteiger partial charge in [0.1, 0.15) is 0 Å². The van der Waals surface area contributed by atoms with Crippen LogP contribution in [0.15, 0.2) is 0 Å². The van der Waals surface area contributed by atoms with Crippen LogP contribution in [0.2, 0.25) is 0 Å². The maximum absolute atomic E-state index is 12.5. The van der Waals surface area contributed by atoms with Gasteiger partial charge in [0.2, 0.25) is 10.0 Å². The number of carbonyl (C=O) groups is 1. The zero-order valence-electron chi connectivity index (χ0n) is 11.0. The molecule has 1 aliphatic carbocycles. The molecule has 0 aromatic carbocycles. The Bertz CT molecular complexity index is 514. The normalized spacial score (nSPS) is 22.4. The van der Waals surface area contributed by atoms with Crippen molar-refractivity contribution in [2.75, 3.05) is 13.1 Å². The lowest BCUT2D eigenvalue weighted by Crippen LogP contribution is -2.43. The first-order valence-corrected chi connectivity index (χ1v) is 7.91. The fourth-order valence-corrected chi connectivity index (χ4v) is 4.68. The van der Waals surface area contributed by atoms with E-state index in [9.17, 15) is 13.2 Å². The molecule has 0 aliphatic heterocycles. The summed E-state index contributed by atoms with van der Waals surface area (Å²) in [6.07, 6.45) is 1.27. The second-order valence-electron chi connectivity index (χ2n) is 4.67. The molecule has 1 aliphatic rings. The van der Waals surface area contributed by atoms with Gasteiger partial charge in [0.25, 0.3) is 0 Å². The first kappa shape index (κ1) is 16.4. The van der Waals surface area contributed by atoms with Crippen molar-refractivity contribution in [2.45, 2.75) is 37.4 Å². The Hall–Kier alpha value is -1.64. The van der Waals surface area contributed by atoms with Crippen LogP contribution in [0.3, 0.4) is 0 Å². The molecule has 2 atom stereocenters. The molecule has 1 saturated carbocycles. The van der Waals surface area contributed by atoms with Crippen LogP contribution in [0, 0.1) is 28.6 Å². The molecule has 0 spiro atoms. The van der Waals surface area contributed by atoms with E-state index in [2.05, 4.69) is 0 Å². The zero-order chi connectivity index (χ0) is 15.2. The van der Waals surface area contributed by atoms with Crippen molar-refractivity contribution in [2.24, 2.45) is 5.92 Å². The predicted molar refractivity (Wildman–Crippen MR) is 69.7 cm³/mol. The van der Waals surface area contributed by atoms with Gasteiger partial charge in [0, 0.05) is 25.9 Å². The van der Waals surface area contributed by atoms with Gasteiger partial charge in [-0.1, -0.05) is 6.42 Å². The lowest BCUT2D eigenvalue weighted by Gasteiger charge is -2.26. The van der Waals surface area contributed by atoms with Crippen molar-refractivity contribution in [1.82, 2.24) is 4.31 Å². The molecule has 7 nitrogen and oxygen atoms in total. The van der Waals surface area contributed by atoms with Crippen molar-refractivity contribution in [3.63, 3.8) is 0 Å². The Labute approximate surface area is 118 Å². The van der Waals surface area contributed by atoms with Gasteiger partial charge in [-0.2, -0.15) is 14.8 Å². The van der Waals surface area contributed by atoms with E-state index < -0.39 is 27.2 Å². The number of carboxylic acid groups (broad SMARTS) is 1. The molecule has 8 heteroatoms. The van der Waals surface area contributed by atoms with Crippen molar-refractivity contribution in [3.8, 4) is 12.1 Å². The predicted octanol–water partition coefficient (Wildman–Crippen LogP) is 0.699. The number of nitrogens with zero attached hydrogens (tertiary/aromatic N) is 3. The smallest absolute Gasteiger partial charge is 0.307 e. The van der Waals surface area contributed by atoms with E-state index in [1.165, 1.54) is 0 Å². The fraction of sp³-hybridized carbons (Fsp3) is 0.750. The highest BCUT2D eigenvalue weighted by Gasteiger charge is 2.44. The number of hydrogen-bond donors (Lipinski definition) is 1. The van der Waals surface area contributed by atoms with Gasteiger partial charge in [0.05, 0.1) is 23.3 Å². The molecule has 110 valence electrons. The highest BCUT2D eigenvalue weighted by Crippen LogP contribution is 2.33. The molecular formula is C12H17N3O4S. The number of sulfonamides is 1. The topological polar surface area (TPSA) is 122 Å². The van der Waals surface area contributed by atoms with Gasteiger partial charge in [-0.05, 0) is 12.8 Å². The van der Waals surface area contributed by atoms with Gasteiger partial charge in [-0.25, -0.2) is 8.42 Å². The van der Waals surface area contributed by atoms with E-state index in [-0.39, 0.29) is 25.9 Å². The molecule has 1 N–H and O–H groups in total. The Morgan fingerprint density at radius 3 is 2.20 bits per heavy atom. The van der Waals surface area contributed by atoms with Gasteiger partial charge in [-0.15, -0.1) is 0 Å². The maximum atomic E-state index is 12.5. The number of carboxylic acids is 1. The minimum Gasteiger partial charge on any atom is -0.481 e. The van der Waals surface area contributed by atoms with Gasteiger partial charge < -0.3 is 5.11 Å². The Kier molecular flexibility index (Phi) is 5.93. The van der Waals surface area contributed by atoms with Crippen molar-refractivity contribution in [3.05, 3.63) is 0 Å². The second kappa shape index (κ2) is 7.22. The number of aliphatic carboxylic acids is 1. The standard InChI is InChI=1S/C12H17N3O4S/c13-6-2-8-15(9-3-7-14)20(18,19)11-5-1-4-10(11)12(16)17/h10-11H,1-5,8-9H2,(H,16,17). The molecule has 0 aromatic heterocycles. The molecule has 0 heterocycles. The third kappa shape index (κ3) is 3.69. The van der Waals surface area contributed by atoms with Gasteiger partial charge >= 0.3 is 5.97 Å². The summed E-state index contributed by atoms with van der Waals surface area (Å²) < 4.78 is 26.1. The lowest BCUT2D eigenvalue weighted by atomic mass is 10.1.